The van der Waals surface area contributed by atoms with Gasteiger partial charge in [-0.3, -0.25) is 24.1 Å². The highest BCUT2D eigenvalue weighted by Gasteiger charge is 2.33. The van der Waals surface area contributed by atoms with Crippen LogP contribution in [0.25, 0.3) is 10.8 Å². The Labute approximate surface area is 192 Å². The molecule has 0 N–H and O–H groups in total. The van der Waals surface area contributed by atoms with Crippen LogP contribution in [0, 0.1) is 0 Å². The molecule has 8 heteroatoms. The van der Waals surface area contributed by atoms with E-state index >= 15 is 0 Å². The predicted molar refractivity (Wildman–Crippen MR) is 121 cm³/mol. The van der Waals surface area contributed by atoms with Crippen LogP contribution in [0.4, 0.5) is 0 Å². The van der Waals surface area contributed by atoms with E-state index in [2.05, 4.69) is 0 Å². The van der Waals surface area contributed by atoms with Crippen molar-refractivity contribution in [3.05, 3.63) is 47.5 Å². The maximum atomic E-state index is 12.9. The van der Waals surface area contributed by atoms with Crippen LogP contribution in [0.3, 0.4) is 0 Å². The fourth-order valence-corrected chi connectivity index (χ4v) is 4.59. The van der Waals surface area contributed by atoms with Gasteiger partial charge in [0.05, 0.1) is 12.2 Å². The molecule has 4 rings (SSSR count). The van der Waals surface area contributed by atoms with Gasteiger partial charge < -0.3 is 14.4 Å². The highest BCUT2D eigenvalue weighted by Crippen LogP contribution is 2.30. The Morgan fingerprint density at radius 1 is 1.03 bits per heavy atom. The molecule has 3 amide bonds. The molecular weight excluding hydrogens is 424 g/mol. The number of amides is 3. The van der Waals surface area contributed by atoms with Crippen molar-refractivity contribution in [3.8, 4) is 0 Å². The molecule has 1 fully saturated rings. The van der Waals surface area contributed by atoms with Crippen molar-refractivity contribution >= 4 is 34.5 Å². The van der Waals surface area contributed by atoms with Gasteiger partial charge in [-0.1, -0.05) is 24.3 Å². The summed E-state index contributed by atoms with van der Waals surface area (Å²) in [6, 6.07) is 10.7. The van der Waals surface area contributed by atoms with Gasteiger partial charge >= 0.3 is 5.97 Å². The quantitative estimate of drug-likeness (QED) is 0.494. The molecule has 2 aromatic carbocycles. The Morgan fingerprint density at radius 3 is 2.18 bits per heavy atom. The first-order chi connectivity index (χ1) is 15.8. The van der Waals surface area contributed by atoms with Crippen LogP contribution in [0.5, 0.6) is 0 Å². The third kappa shape index (κ3) is 4.61. The molecule has 3 unspecified atom stereocenters. The van der Waals surface area contributed by atoms with Crippen LogP contribution in [-0.2, 0) is 19.1 Å². The standard InChI is InChI=1S/C25H28N2O6/c1-15-13-26(14-16(2)32-15)23(29)17(3)33-21(28)11-6-12-27-24(30)19-9-4-7-18-8-5-10-20(22(18)19)25(27)31/h4-5,7-10,15-17H,6,11-14H2,1-3H3. The minimum Gasteiger partial charge on any atom is -0.453 e. The Morgan fingerprint density at radius 2 is 1.61 bits per heavy atom. The summed E-state index contributed by atoms with van der Waals surface area (Å²) in [5, 5.41) is 1.52. The highest BCUT2D eigenvalue weighted by atomic mass is 16.5. The van der Waals surface area contributed by atoms with Crippen molar-refractivity contribution in [2.24, 2.45) is 0 Å². The first-order valence-corrected chi connectivity index (χ1v) is 11.3. The van der Waals surface area contributed by atoms with Crippen LogP contribution in [0.15, 0.2) is 36.4 Å². The molecule has 0 aromatic heterocycles. The molecule has 2 aliphatic rings. The second kappa shape index (κ2) is 9.31. The molecule has 2 aromatic rings. The maximum absolute atomic E-state index is 12.9. The lowest BCUT2D eigenvalue weighted by molar-refractivity contribution is -0.164. The fourth-order valence-electron chi connectivity index (χ4n) is 4.59. The molecule has 174 valence electrons. The second-order valence-electron chi connectivity index (χ2n) is 8.71. The first-order valence-electron chi connectivity index (χ1n) is 11.3. The number of ether oxygens (including phenoxy) is 2. The maximum Gasteiger partial charge on any atom is 0.306 e. The number of hydrogen-bond acceptors (Lipinski definition) is 6. The SMILES string of the molecule is CC1CN(C(=O)C(C)OC(=O)CCCN2C(=O)c3cccc4cccc(c34)C2=O)CC(C)O1. The molecule has 0 bridgehead atoms. The summed E-state index contributed by atoms with van der Waals surface area (Å²) >= 11 is 0. The van der Waals surface area contributed by atoms with E-state index in [1.807, 2.05) is 26.0 Å². The van der Waals surface area contributed by atoms with Gasteiger partial charge in [0, 0.05) is 42.6 Å². The lowest BCUT2D eigenvalue weighted by atomic mass is 9.94. The van der Waals surface area contributed by atoms with Gasteiger partial charge in [-0.2, -0.15) is 0 Å². The van der Waals surface area contributed by atoms with E-state index in [1.165, 1.54) is 4.90 Å². The van der Waals surface area contributed by atoms with Gasteiger partial charge in [0.1, 0.15) is 0 Å². The molecular formula is C25H28N2O6. The molecule has 0 radical (unpaired) electrons. The lowest BCUT2D eigenvalue weighted by Gasteiger charge is -2.36. The molecule has 2 heterocycles. The number of imide groups is 1. The zero-order valence-electron chi connectivity index (χ0n) is 19.1. The normalized spacial score (nSPS) is 21.3. The van der Waals surface area contributed by atoms with E-state index in [4.69, 9.17) is 9.47 Å². The summed E-state index contributed by atoms with van der Waals surface area (Å²) in [4.78, 5) is 53.6. The molecule has 33 heavy (non-hydrogen) atoms. The van der Waals surface area contributed by atoms with Crippen LogP contribution in [0.1, 0.15) is 54.3 Å². The van der Waals surface area contributed by atoms with Gasteiger partial charge in [0.2, 0.25) is 0 Å². The molecule has 2 aliphatic heterocycles. The number of esters is 1. The van der Waals surface area contributed by atoms with Gasteiger partial charge in [0.25, 0.3) is 17.7 Å². The molecule has 3 atom stereocenters. The van der Waals surface area contributed by atoms with E-state index in [0.717, 1.165) is 5.39 Å². The van der Waals surface area contributed by atoms with Crippen molar-refractivity contribution in [1.29, 1.82) is 0 Å². The Balaban J connectivity index is 1.32. The average molecular weight is 453 g/mol. The number of rotatable bonds is 6. The zero-order valence-corrected chi connectivity index (χ0v) is 19.1. The third-order valence-electron chi connectivity index (χ3n) is 6.01. The fraction of sp³-hybridized carbons (Fsp3) is 0.440. The van der Waals surface area contributed by atoms with Gasteiger partial charge in [-0.05, 0) is 44.7 Å². The van der Waals surface area contributed by atoms with E-state index in [0.29, 0.717) is 29.6 Å². The minimum absolute atomic E-state index is 0.00353. The minimum atomic E-state index is -0.905. The zero-order chi connectivity index (χ0) is 23.7. The Bertz CT molecular complexity index is 1050. The van der Waals surface area contributed by atoms with Crippen LogP contribution < -0.4 is 0 Å². The molecule has 8 nitrogen and oxygen atoms in total. The van der Waals surface area contributed by atoms with E-state index in [9.17, 15) is 19.2 Å². The average Bonchev–Trinajstić information content (AvgIpc) is 2.78. The van der Waals surface area contributed by atoms with Crippen LogP contribution >= 0.6 is 0 Å². The Kier molecular flexibility index (Phi) is 6.47. The van der Waals surface area contributed by atoms with Crippen LogP contribution in [0.2, 0.25) is 0 Å². The van der Waals surface area contributed by atoms with Crippen molar-refractivity contribution in [2.75, 3.05) is 19.6 Å². The lowest BCUT2D eigenvalue weighted by Crippen LogP contribution is -2.51. The number of morpholine rings is 1. The Hall–Kier alpha value is -3.26. The second-order valence-corrected chi connectivity index (χ2v) is 8.71. The largest absolute Gasteiger partial charge is 0.453 e. The summed E-state index contributed by atoms with van der Waals surface area (Å²) in [6.45, 7) is 6.36. The smallest absolute Gasteiger partial charge is 0.306 e. The van der Waals surface area contributed by atoms with Crippen molar-refractivity contribution in [3.63, 3.8) is 0 Å². The summed E-state index contributed by atoms with van der Waals surface area (Å²) < 4.78 is 11.0. The monoisotopic (exact) mass is 452 g/mol. The van der Waals surface area contributed by atoms with Crippen molar-refractivity contribution in [1.82, 2.24) is 9.80 Å². The molecule has 0 aliphatic carbocycles. The van der Waals surface area contributed by atoms with E-state index < -0.39 is 12.1 Å². The molecule has 0 spiro atoms. The van der Waals surface area contributed by atoms with Crippen molar-refractivity contribution < 1.29 is 28.7 Å². The predicted octanol–water partition coefficient (Wildman–Crippen LogP) is 2.78. The number of carbonyl (C=O) groups excluding carboxylic acids is 4. The number of benzene rings is 2. The van der Waals surface area contributed by atoms with Gasteiger partial charge in [0.15, 0.2) is 6.10 Å². The van der Waals surface area contributed by atoms with E-state index in [-0.39, 0.29) is 49.3 Å². The molecule has 1 saturated heterocycles. The van der Waals surface area contributed by atoms with Gasteiger partial charge in [-0.15, -0.1) is 0 Å². The molecule has 0 saturated carbocycles. The summed E-state index contributed by atoms with van der Waals surface area (Å²) in [7, 11) is 0. The first kappa shape index (κ1) is 22.9. The van der Waals surface area contributed by atoms with Crippen LogP contribution in [-0.4, -0.2) is 71.4 Å². The summed E-state index contributed by atoms with van der Waals surface area (Å²) in [5.74, 6) is -1.52. The number of nitrogens with zero attached hydrogens (tertiary/aromatic N) is 2. The number of carbonyl (C=O) groups is 4. The number of hydrogen-bond donors (Lipinski definition) is 0. The van der Waals surface area contributed by atoms with Gasteiger partial charge in [-0.25, -0.2) is 0 Å². The summed E-state index contributed by atoms with van der Waals surface area (Å²) in [5.41, 5.74) is 0.969. The third-order valence-corrected chi connectivity index (χ3v) is 6.01. The topological polar surface area (TPSA) is 93.2 Å². The van der Waals surface area contributed by atoms with Crippen molar-refractivity contribution in [2.45, 2.75) is 51.9 Å². The highest BCUT2D eigenvalue weighted by molar-refractivity contribution is 6.25. The summed E-state index contributed by atoms with van der Waals surface area (Å²) in [6.07, 6.45) is -0.803. The van der Waals surface area contributed by atoms with E-state index in [1.54, 1.807) is 36.1 Å².